The van der Waals surface area contributed by atoms with Crippen LogP contribution in [0.5, 0.6) is 5.75 Å². The van der Waals surface area contributed by atoms with Crippen LogP contribution in [0.4, 0.5) is 0 Å². The van der Waals surface area contributed by atoms with Gasteiger partial charge in [0.1, 0.15) is 18.0 Å². The molecule has 2 heterocycles. The molecule has 0 saturated carbocycles. The third-order valence-corrected chi connectivity index (χ3v) is 16.7. The first-order valence-electron chi connectivity index (χ1n) is 23.6. The van der Waals surface area contributed by atoms with E-state index in [4.69, 9.17) is 23.0 Å². The van der Waals surface area contributed by atoms with Crippen molar-refractivity contribution in [3.63, 3.8) is 0 Å². The largest absolute Gasteiger partial charge is 0.426 e. The lowest BCUT2D eigenvalue weighted by atomic mass is 9.70. The molecule has 2 aliphatic rings. The maximum absolute atomic E-state index is 8.13. The molecule has 5 nitrogen and oxygen atoms in total. The fourth-order valence-electron chi connectivity index (χ4n) is 10.6. The second-order valence-corrected chi connectivity index (χ2v) is 23.0. The Morgan fingerprint density at radius 1 is 0.463 bits per heavy atom. The van der Waals surface area contributed by atoms with Crippen LogP contribution < -0.4 is 20.4 Å². The minimum atomic E-state index is -2.35. The zero-order valence-corrected chi connectivity index (χ0v) is 42.9. The van der Waals surface area contributed by atoms with E-state index in [-0.39, 0.29) is 5.92 Å². The van der Waals surface area contributed by atoms with Crippen molar-refractivity contribution in [2.24, 2.45) is 0 Å². The summed E-state index contributed by atoms with van der Waals surface area (Å²) in [6.07, 6.45) is -1.48. The molecule has 2 saturated heterocycles. The molecule has 0 N–H and O–H groups in total. The average Bonchev–Trinajstić information content (AvgIpc) is 3.54. The number of para-hydroxylation sites is 1. The molecule has 0 unspecified atom stereocenters. The Kier molecular flexibility index (Phi) is 13.0. The van der Waals surface area contributed by atoms with Gasteiger partial charge in [0.25, 0.3) is 0 Å². The third kappa shape index (κ3) is 9.08. The van der Waals surface area contributed by atoms with Gasteiger partial charge in [-0.2, -0.15) is 0 Å². The first kappa shape index (κ1) is 47.1. The van der Waals surface area contributed by atoms with Gasteiger partial charge in [0.05, 0.1) is 0 Å². The van der Waals surface area contributed by atoms with Crippen LogP contribution in [0, 0.1) is 55.4 Å². The summed E-state index contributed by atoms with van der Waals surface area (Å²) in [6, 6.07) is 55.2. The zero-order chi connectivity index (χ0) is 47.4. The van der Waals surface area contributed by atoms with Gasteiger partial charge in [-0.1, -0.05) is 210 Å². The molecule has 0 amide bonds. The molecule has 0 aliphatic carbocycles. The highest BCUT2D eigenvalue weighted by atomic mass is 31.2. The van der Waals surface area contributed by atoms with E-state index in [0.29, 0.717) is 0 Å². The summed E-state index contributed by atoms with van der Waals surface area (Å²) < 4.78 is 39.1. The summed E-state index contributed by atoms with van der Waals surface area (Å²) in [6.45, 7) is 25.7. The summed E-state index contributed by atoms with van der Waals surface area (Å²) in [5.74, 6) is -0.145. The van der Waals surface area contributed by atoms with Crippen molar-refractivity contribution in [2.75, 3.05) is 0 Å². The first-order valence-corrected chi connectivity index (χ1v) is 26.0. The quantitative estimate of drug-likeness (QED) is 0.128. The first-order chi connectivity index (χ1) is 32.0. The van der Waals surface area contributed by atoms with Crippen LogP contribution >= 0.6 is 16.5 Å². The predicted molar refractivity (Wildman–Crippen MR) is 278 cm³/mol. The van der Waals surface area contributed by atoms with Crippen molar-refractivity contribution >= 4 is 32.4 Å². The van der Waals surface area contributed by atoms with Gasteiger partial charge in [-0.25, -0.2) is 0 Å². The molecule has 2 fully saturated rings. The highest BCUT2D eigenvalue weighted by Gasteiger charge is 2.68. The van der Waals surface area contributed by atoms with E-state index in [0.717, 1.165) is 83.4 Å². The lowest BCUT2D eigenvalue weighted by Crippen LogP contribution is -2.53. The van der Waals surface area contributed by atoms with Crippen LogP contribution in [0.15, 0.2) is 152 Å². The van der Waals surface area contributed by atoms with Crippen molar-refractivity contribution < 1.29 is 23.0 Å². The van der Waals surface area contributed by atoms with E-state index in [2.05, 4.69) is 221 Å². The monoisotopic (exact) mass is 926 g/mol. The van der Waals surface area contributed by atoms with Crippen LogP contribution in [0.2, 0.25) is 0 Å². The van der Waals surface area contributed by atoms with Gasteiger partial charge in [-0.05, 0) is 122 Å². The molecule has 0 aromatic heterocycles. The molecule has 7 heteroatoms. The normalized spacial score (nSPS) is 18.8. The molecule has 2 atom stereocenters. The number of fused-ring (bicyclic) bond motifs is 1. The van der Waals surface area contributed by atoms with Gasteiger partial charge < -0.3 is 14.0 Å². The molecule has 9 rings (SSSR count). The lowest BCUT2D eigenvalue weighted by molar-refractivity contribution is -0.175. The van der Waals surface area contributed by atoms with Gasteiger partial charge >= 0.3 is 8.60 Å². The number of benzene rings is 7. The Morgan fingerprint density at radius 2 is 0.806 bits per heavy atom. The molecule has 0 radical (unpaired) electrons. The van der Waals surface area contributed by atoms with Gasteiger partial charge in [-0.3, -0.25) is 9.05 Å². The van der Waals surface area contributed by atoms with E-state index in [1.807, 2.05) is 13.8 Å². The van der Waals surface area contributed by atoms with Crippen molar-refractivity contribution in [2.45, 2.75) is 118 Å². The predicted octanol–water partition coefficient (Wildman–Crippen LogP) is 14.1. The summed E-state index contributed by atoms with van der Waals surface area (Å²) in [5.41, 5.74) is 11.2. The van der Waals surface area contributed by atoms with Crippen LogP contribution in [0.3, 0.4) is 0 Å². The summed E-state index contributed by atoms with van der Waals surface area (Å²) in [5, 5.41) is 3.55. The van der Waals surface area contributed by atoms with Crippen molar-refractivity contribution in [1.82, 2.24) is 0 Å². The molecular weight excluding hydrogens is 863 g/mol. The van der Waals surface area contributed by atoms with E-state index < -0.39 is 45.7 Å². The maximum atomic E-state index is 8.13. The Hall–Kier alpha value is -4.96. The van der Waals surface area contributed by atoms with Gasteiger partial charge in [-0.15, -0.1) is 0 Å². The van der Waals surface area contributed by atoms with Crippen LogP contribution in [-0.4, -0.2) is 18.0 Å². The van der Waals surface area contributed by atoms with Crippen LogP contribution in [-0.2, 0) is 29.7 Å². The fourth-order valence-corrected chi connectivity index (χ4v) is 14.7. The zero-order valence-electron chi connectivity index (χ0n) is 41.1. The second kappa shape index (κ2) is 18.5. The summed E-state index contributed by atoms with van der Waals surface area (Å²) >= 11 is 0. The molecule has 0 bridgehead atoms. The van der Waals surface area contributed by atoms with Gasteiger partial charge in [0.2, 0.25) is 0 Å². The second-order valence-electron chi connectivity index (χ2n) is 19.8. The number of rotatable bonds is 10. The van der Waals surface area contributed by atoms with Gasteiger partial charge in [0.15, 0.2) is 17.0 Å². The molecule has 7 aromatic rings. The van der Waals surface area contributed by atoms with Crippen LogP contribution in [0.25, 0.3) is 0 Å². The number of aryl methyl sites for hydroxylation is 8. The van der Waals surface area contributed by atoms with Crippen molar-refractivity contribution in [3.05, 3.63) is 224 Å². The maximum Gasteiger partial charge on any atom is 0.399 e. The topological polar surface area (TPSA) is 46.2 Å². The average molecular weight is 927 g/mol. The summed E-state index contributed by atoms with van der Waals surface area (Å²) in [7, 11) is -3.44. The van der Waals surface area contributed by atoms with E-state index in [9.17, 15) is 0 Å². The van der Waals surface area contributed by atoms with Crippen LogP contribution in [0.1, 0.15) is 106 Å². The van der Waals surface area contributed by atoms with E-state index in [1.54, 1.807) is 0 Å². The third-order valence-electron chi connectivity index (χ3n) is 13.0. The SMILES string of the molecule is Cc1cc(C)cc(C2(c3cc(C)cc(C)c3)OP(Oc3c(C(C)C)cccc3P(c3ccccc3)c3ccccc3)OC(c3cc(C)cc(C)c3)(c3cc(C)cc(C)c3)[C@@H]3OC(C)(C)O[C@H]32)c1. The Balaban J connectivity index is 1.41. The fraction of sp³-hybridized carbons (Fsp3) is 0.300. The molecule has 344 valence electrons. The molecular formula is C60H64O5P2. The molecule has 2 aliphatic heterocycles. The molecule has 0 spiro atoms. The Bertz CT molecular complexity index is 2580. The number of hydrogen-bond acceptors (Lipinski definition) is 5. The standard InChI is InChI=1S/C60H64O5P2/c1-38(2)53-24-19-25-54(66(51-20-15-13-16-21-51)52-22-17-14-18-23-52)55(53)63-67-64-59(47-30-39(3)26-40(4)31-47,48-32-41(5)27-42(6)33-48)56-57(62-58(11,12)61-56)60(65-67,49-34-43(7)28-44(8)35-49)50-36-45(9)29-46(10)37-50/h13-38,56-57H,1-12H3/t56-,57-/m1/s1. The minimum Gasteiger partial charge on any atom is -0.426 e. The van der Waals surface area contributed by atoms with Crippen molar-refractivity contribution in [3.8, 4) is 5.75 Å². The Morgan fingerprint density at radius 3 is 1.13 bits per heavy atom. The van der Waals surface area contributed by atoms with Gasteiger partial charge in [0, 0.05) is 5.30 Å². The minimum absolute atomic E-state index is 0.111. The lowest BCUT2D eigenvalue weighted by Gasteiger charge is -2.42. The summed E-state index contributed by atoms with van der Waals surface area (Å²) in [4.78, 5) is 0. The highest BCUT2D eigenvalue weighted by Crippen LogP contribution is 2.66. The molecule has 7 aromatic carbocycles. The smallest absolute Gasteiger partial charge is 0.399 e. The van der Waals surface area contributed by atoms with E-state index in [1.165, 1.54) is 10.6 Å². The highest BCUT2D eigenvalue weighted by molar-refractivity contribution is 7.80. The van der Waals surface area contributed by atoms with E-state index >= 15 is 0 Å². The number of ether oxygens (including phenoxy) is 2. The van der Waals surface area contributed by atoms with Crippen molar-refractivity contribution in [1.29, 1.82) is 0 Å². The number of hydrogen-bond donors (Lipinski definition) is 0. The molecule has 67 heavy (non-hydrogen) atoms. The Labute approximate surface area is 401 Å².